The average Bonchev–Trinajstić information content (AvgIpc) is 2.52. The van der Waals surface area contributed by atoms with Crippen LogP contribution in [-0.4, -0.2) is 33.0 Å². The van der Waals surface area contributed by atoms with Crippen LogP contribution in [0.25, 0.3) is 0 Å². The molecule has 7 atom stereocenters. The highest BCUT2D eigenvalue weighted by atomic mass is 79.9. The Hall–Kier alpha value is -0.190. The van der Waals surface area contributed by atoms with Crippen LogP contribution >= 0.6 is 15.9 Å². The Bertz CT molecular complexity index is 555. The summed E-state index contributed by atoms with van der Waals surface area (Å²) in [6, 6.07) is 0. The summed E-state index contributed by atoms with van der Waals surface area (Å²) >= 11 is 3.79. The first-order valence-corrected chi connectivity index (χ1v) is 10.4. The van der Waals surface area contributed by atoms with Crippen molar-refractivity contribution in [1.29, 1.82) is 0 Å². The second-order valence-electron chi connectivity index (χ2n) is 9.18. The molecule has 3 rings (SSSR count). The molecule has 0 spiro atoms. The molecule has 0 unspecified atom stereocenters. The number of hydrogen-bond donors (Lipinski definition) is 2. The Morgan fingerprint density at radius 3 is 2.58 bits per heavy atom. The molecule has 0 aromatic rings. The summed E-state index contributed by atoms with van der Waals surface area (Å²) in [5.74, 6) is 0.758. The Labute approximate surface area is 154 Å². The van der Waals surface area contributed by atoms with Crippen LogP contribution in [0, 0.1) is 34.5 Å². The van der Waals surface area contributed by atoms with Gasteiger partial charge in [-0.05, 0) is 49.4 Å². The average molecular weight is 399 g/mol. The minimum atomic E-state index is -1.37. The van der Waals surface area contributed by atoms with Gasteiger partial charge < -0.3 is 10.2 Å². The second-order valence-corrected chi connectivity index (χ2v) is 9.74. The zero-order chi connectivity index (χ0) is 17.9. The monoisotopic (exact) mass is 398 g/mol. The molecule has 0 bridgehead atoms. The zero-order valence-corrected chi connectivity index (χ0v) is 16.8. The molecule has 0 aromatic heterocycles. The number of carbonyl (C=O) groups excluding carboxylic acids is 1. The second kappa shape index (κ2) is 5.92. The Morgan fingerprint density at radius 2 is 2.00 bits per heavy atom. The lowest BCUT2D eigenvalue weighted by Crippen LogP contribution is -2.68. The summed E-state index contributed by atoms with van der Waals surface area (Å²) in [5.41, 5.74) is -1.72. The summed E-state index contributed by atoms with van der Waals surface area (Å²) in [6.45, 7) is 8.31. The zero-order valence-electron chi connectivity index (χ0n) is 15.3. The number of halogens is 1. The van der Waals surface area contributed by atoms with Crippen molar-refractivity contribution in [1.82, 2.24) is 0 Å². The third-order valence-electron chi connectivity index (χ3n) is 7.70. The number of aliphatic hydroxyl groups excluding tert-OH is 1. The molecule has 0 radical (unpaired) electrons. The highest BCUT2D eigenvalue weighted by molar-refractivity contribution is 9.09. The van der Waals surface area contributed by atoms with Crippen LogP contribution in [0.4, 0.5) is 0 Å². The third kappa shape index (κ3) is 2.32. The molecule has 24 heavy (non-hydrogen) atoms. The molecular weight excluding hydrogens is 368 g/mol. The van der Waals surface area contributed by atoms with Gasteiger partial charge in [-0.3, -0.25) is 4.79 Å². The number of ketones is 1. The number of allylic oxidation sites excluding steroid dienone is 2. The minimum absolute atomic E-state index is 0.0500. The maximum absolute atomic E-state index is 12.6. The lowest BCUT2D eigenvalue weighted by Gasteiger charge is -2.64. The van der Waals surface area contributed by atoms with Crippen LogP contribution in [0.15, 0.2) is 12.2 Å². The van der Waals surface area contributed by atoms with Crippen molar-refractivity contribution in [3.8, 4) is 0 Å². The van der Waals surface area contributed by atoms with E-state index in [0.29, 0.717) is 11.8 Å². The standard InChI is InChI=1S/C20H31BrO3/c1-12(2)13-6-5-7-14-17-18(3,8-9-20(13,14)11-21)15(22)10-16(23)19(17,4)24/h5,7,12-15,17,22,24H,6,8-11H2,1-4H3/t13-,14-,15-,17-,18+,19+,20-/m0/s1. The van der Waals surface area contributed by atoms with E-state index >= 15 is 0 Å². The number of carbonyl (C=O) groups is 1. The van der Waals surface area contributed by atoms with Crippen LogP contribution < -0.4 is 0 Å². The van der Waals surface area contributed by atoms with E-state index in [0.717, 1.165) is 24.6 Å². The van der Waals surface area contributed by atoms with Crippen LogP contribution in [0.5, 0.6) is 0 Å². The predicted octanol–water partition coefficient (Wildman–Crippen LogP) is 3.72. The van der Waals surface area contributed by atoms with E-state index in [-0.39, 0.29) is 29.5 Å². The van der Waals surface area contributed by atoms with Gasteiger partial charge in [-0.25, -0.2) is 0 Å². The van der Waals surface area contributed by atoms with Crippen molar-refractivity contribution < 1.29 is 15.0 Å². The molecule has 2 N–H and O–H groups in total. The van der Waals surface area contributed by atoms with Crippen molar-refractivity contribution >= 4 is 21.7 Å². The van der Waals surface area contributed by atoms with Gasteiger partial charge in [0.1, 0.15) is 5.60 Å². The van der Waals surface area contributed by atoms with E-state index in [1.165, 1.54) is 0 Å². The number of hydrogen-bond acceptors (Lipinski definition) is 3. The van der Waals surface area contributed by atoms with Crippen LogP contribution in [0.3, 0.4) is 0 Å². The van der Waals surface area contributed by atoms with Crippen LogP contribution in [0.2, 0.25) is 0 Å². The molecule has 136 valence electrons. The topological polar surface area (TPSA) is 57.5 Å². The van der Waals surface area contributed by atoms with Gasteiger partial charge in [0, 0.05) is 23.1 Å². The Kier molecular flexibility index (Phi) is 4.59. The van der Waals surface area contributed by atoms with Crippen molar-refractivity contribution in [2.75, 3.05) is 5.33 Å². The summed E-state index contributed by atoms with van der Waals surface area (Å²) < 4.78 is 0. The fourth-order valence-corrected chi connectivity index (χ4v) is 7.32. The first kappa shape index (κ1) is 18.6. The van der Waals surface area contributed by atoms with E-state index in [9.17, 15) is 15.0 Å². The maximum atomic E-state index is 12.6. The normalized spacial score (nSPS) is 51.4. The van der Waals surface area contributed by atoms with Crippen LogP contribution in [-0.2, 0) is 4.79 Å². The molecular formula is C20H31BrO3. The molecule has 3 nitrogen and oxygen atoms in total. The summed E-state index contributed by atoms with van der Waals surface area (Å²) in [7, 11) is 0. The Morgan fingerprint density at radius 1 is 1.33 bits per heavy atom. The highest BCUT2D eigenvalue weighted by Crippen LogP contribution is 2.65. The van der Waals surface area contributed by atoms with Crippen molar-refractivity contribution in [3.63, 3.8) is 0 Å². The lowest BCUT2D eigenvalue weighted by molar-refractivity contribution is -0.209. The van der Waals surface area contributed by atoms with E-state index < -0.39 is 17.1 Å². The van der Waals surface area contributed by atoms with Gasteiger partial charge in [-0.2, -0.15) is 0 Å². The van der Waals surface area contributed by atoms with Gasteiger partial charge in [0.15, 0.2) is 5.78 Å². The van der Waals surface area contributed by atoms with Gasteiger partial charge in [0.2, 0.25) is 0 Å². The summed E-state index contributed by atoms with van der Waals surface area (Å²) in [5, 5.41) is 22.8. The molecule has 3 aliphatic rings. The number of aliphatic hydroxyl groups is 2. The molecule has 2 saturated carbocycles. The van der Waals surface area contributed by atoms with Crippen molar-refractivity contribution in [2.24, 2.45) is 34.5 Å². The molecule has 0 aliphatic heterocycles. The van der Waals surface area contributed by atoms with Crippen LogP contribution in [0.1, 0.15) is 53.4 Å². The molecule has 2 fully saturated rings. The molecule has 0 heterocycles. The number of rotatable bonds is 2. The van der Waals surface area contributed by atoms with E-state index in [4.69, 9.17) is 0 Å². The van der Waals surface area contributed by atoms with Gasteiger partial charge in [0.05, 0.1) is 6.10 Å². The third-order valence-corrected chi connectivity index (χ3v) is 8.74. The number of Topliss-reactive ketones (excluding diaryl/α,β-unsaturated/α-hetero) is 1. The number of fused-ring (bicyclic) bond motifs is 3. The summed E-state index contributed by atoms with van der Waals surface area (Å²) in [4.78, 5) is 12.6. The SMILES string of the molecule is CC(C)[C@@H]1CC=C[C@H]2[C@H]3[C@](C)(CC[C@]12CBr)[C@@H](O)CC(=O)[C@@]3(C)O. The lowest BCUT2D eigenvalue weighted by atomic mass is 9.41. The van der Waals surface area contributed by atoms with E-state index in [2.05, 4.69) is 48.9 Å². The van der Waals surface area contributed by atoms with E-state index in [1.807, 2.05) is 0 Å². The molecule has 0 saturated heterocycles. The van der Waals surface area contributed by atoms with E-state index in [1.54, 1.807) is 6.92 Å². The quantitative estimate of drug-likeness (QED) is 0.550. The molecule has 0 amide bonds. The van der Waals surface area contributed by atoms with Crippen molar-refractivity contribution in [2.45, 2.75) is 65.1 Å². The summed E-state index contributed by atoms with van der Waals surface area (Å²) in [6.07, 6.45) is 6.85. The van der Waals surface area contributed by atoms with Gasteiger partial charge in [-0.15, -0.1) is 0 Å². The number of alkyl halides is 1. The largest absolute Gasteiger partial charge is 0.392 e. The molecule has 4 heteroatoms. The van der Waals surface area contributed by atoms with Gasteiger partial charge in [-0.1, -0.05) is 48.9 Å². The fraction of sp³-hybridized carbons (Fsp3) is 0.850. The molecule has 3 aliphatic carbocycles. The fourth-order valence-electron chi connectivity index (χ4n) is 6.25. The Balaban J connectivity index is 2.14. The maximum Gasteiger partial charge on any atom is 0.166 e. The van der Waals surface area contributed by atoms with Gasteiger partial charge >= 0.3 is 0 Å². The molecule has 0 aromatic carbocycles. The predicted molar refractivity (Wildman–Crippen MR) is 98.9 cm³/mol. The highest BCUT2D eigenvalue weighted by Gasteiger charge is 2.66. The van der Waals surface area contributed by atoms with Gasteiger partial charge in [0.25, 0.3) is 0 Å². The first-order chi connectivity index (χ1) is 11.1. The smallest absolute Gasteiger partial charge is 0.166 e. The first-order valence-electron chi connectivity index (χ1n) is 9.27. The van der Waals surface area contributed by atoms with Crippen molar-refractivity contribution in [3.05, 3.63) is 12.2 Å². The minimum Gasteiger partial charge on any atom is -0.392 e.